The fourth-order valence-corrected chi connectivity index (χ4v) is 3.09. The van der Waals surface area contributed by atoms with Gasteiger partial charge >= 0.3 is 0 Å². The number of piperidine rings is 1. The Morgan fingerprint density at radius 1 is 1.11 bits per heavy atom. The lowest BCUT2D eigenvalue weighted by Gasteiger charge is -2.32. The lowest BCUT2D eigenvalue weighted by molar-refractivity contribution is 0.0684. The third kappa shape index (κ3) is 4.28. The minimum atomic E-state index is -0.655. The summed E-state index contributed by atoms with van der Waals surface area (Å²) in [6.07, 6.45) is 4.70. The Morgan fingerprint density at radius 3 is 2.37 bits per heavy atom. The molecular weight excluding hydrogens is 350 g/mol. The molecule has 1 aliphatic heterocycles. The molecule has 142 valence electrons. The molecule has 8 heteroatoms. The zero-order chi connectivity index (χ0) is 19.4. The van der Waals surface area contributed by atoms with Gasteiger partial charge in [-0.15, -0.1) is 0 Å². The average Bonchev–Trinajstić information content (AvgIpc) is 2.70. The van der Waals surface area contributed by atoms with Crippen LogP contribution in [-0.4, -0.2) is 56.7 Å². The van der Waals surface area contributed by atoms with Gasteiger partial charge in [0.1, 0.15) is 0 Å². The van der Waals surface area contributed by atoms with Crippen LogP contribution >= 0.6 is 0 Å². The molecule has 0 radical (unpaired) electrons. The van der Waals surface area contributed by atoms with Crippen LogP contribution in [0.4, 0.5) is 0 Å². The van der Waals surface area contributed by atoms with Gasteiger partial charge in [-0.1, -0.05) is 0 Å². The van der Waals surface area contributed by atoms with Crippen molar-refractivity contribution in [2.75, 3.05) is 19.6 Å². The Morgan fingerprint density at radius 2 is 1.78 bits per heavy atom. The number of aromatic hydroxyl groups is 3. The molecule has 2 aromatic rings. The lowest BCUT2D eigenvalue weighted by Crippen LogP contribution is -2.41. The molecule has 1 aromatic carbocycles. The first kappa shape index (κ1) is 18.5. The van der Waals surface area contributed by atoms with Gasteiger partial charge in [-0.05, 0) is 43.0 Å². The number of aromatic nitrogens is 1. The van der Waals surface area contributed by atoms with Gasteiger partial charge < -0.3 is 25.5 Å². The van der Waals surface area contributed by atoms with E-state index in [4.69, 9.17) is 0 Å². The van der Waals surface area contributed by atoms with E-state index in [0.717, 1.165) is 25.0 Å². The van der Waals surface area contributed by atoms with Crippen molar-refractivity contribution in [2.45, 2.75) is 12.8 Å². The number of hydrogen-bond donors (Lipinski definition) is 4. The van der Waals surface area contributed by atoms with Gasteiger partial charge in [0.05, 0.1) is 5.56 Å². The summed E-state index contributed by atoms with van der Waals surface area (Å²) >= 11 is 0. The van der Waals surface area contributed by atoms with E-state index >= 15 is 0 Å². The third-order valence-electron chi connectivity index (χ3n) is 4.69. The third-order valence-corrected chi connectivity index (χ3v) is 4.69. The Hall–Kier alpha value is -3.29. The second-order valence-electron chi connectivity index (χ2n) is 6.55. The average molecular weight is 371 g/mol. The van der Waals surface area contributed by atoms with E-state index in [1.165, 1.54) is 0 Å². The van der Waals surface area contributed by atoms with Gasteiger partial charge in [0.15, 0.2) is 17.2 Å². The molecule has 1 saturated heterocycles. The molecular formula is C19H21N3O5. The first-order valence-electron chi connectivity index (χ1n) is 8.68. The maximum Gasteiger partial charge on any atom is 0.255 e. The van der Waals surface area contributed by atoms with Crippen molar-refractivity contribution >= 4 is 11.8 Å². The Bertz CT molecular complexity index is 809. The van der Waals surface area contributed by atoms with E-state index in [2.05, 4.69) is 10.3 Å². The van der Waals surface area contributed by atoms with Crippen LogP contribution in [0.5, 0.6) is 17.2 Å². The molecule has 8 nitrogen and oxygen atoms in total. The molecule has 4 N–H and O–H groups in total. The Kier molecular flexibility index (Phi) is 5.44. The monoisotopic (exact) mass is 371 g/mol. The van der Waals surface area contributed by atoms with Crippen LogP contribution in [-0.2, 0) is 0 Å². The number of benzene rings is 1. The molecule has 2 amide bonds. The number of hydrogen-bond acceptors (Lipinski definition) is 6. The summed E-state index contributed by atoms with van der Waals surface area (Å²) < 4.78 is 0. The maximum atomic E-state index is 12.4. The molecule has 2 heterocycles. The quantitative estimate of drug-likeness (QED) is 0.604. The number of phenolic OH excluding ortho intramolecular Hbond substituents is 3. The molecule has 0 aliphatic carbocycles. The molecule has 1 aliphatic rings. The number of likely N-dealkylation sites (tertiary alicyclic amines) is 1. The first-order chi connectivity index (χ1) is 13.0. The van der Waals surface area contributed by atoms with Crippen molar-refractivity contribution in [1.82, 2.24) is 15.2 Å². The molecule has 3 rings (SSSR count). The minimum absolute atomic E-state index is 0.0411. The largest absolute Gasteiger partial charge is 0.504 e. The predicted octanol–water partition coefficient (Wildman–Crippen LogP) is 1.48. The maximum absolute atomic E-state index is 12.4. The highest BCUT2D eigenvalue weighted by Crippen LogP contribution is 2.35. The van der Waals surface area contributed by atoms with Crippen molar-refractivity contribution in [1.29, 1.82) is 0 Å². The van der Waals surface area contributed by atoms with Crippen LogP contribution in [0.3, 0.4) is 0 Å². The SMILES string of the molecule is O=C(NCC1CCN(C(=O)c2cccnc2)CC1)c1cc(O)c(O)c(O)c1. The summed E-state index contributed by atoms with van der Waals surface area (Å²) in [5.74, 6) is -2.02. The van der Waals surface area contributed by atoms with Crippen molar-refractivity contribution in [2.24, 2.45) is 5.92 Å². The highest BCUT2D eigenvalue weighted by Gasteiger charge is 2.24. The number of carbonyl (C=O) groups excluding carboxylic acids is 2. The molecule has 1 aromatic heterocycles. The van der Waals surface area contributed by atoms with Crippen LogP contribution in [0.1, 0.15) is 33.6 Å². The van der Waals surface area contributed by atoms with Crippen LogP contribution < -0.4 is 5.32 Å². The molecule has 0 saturated carbocycles. The van der Waals surface area contributed by atoms with E-state index < -0.39 is 23.2 Å². The zero-order valence-corrected chi connectivity index (χ0v) is 14.6. The van der Waals surface area contributed by atoms with Gasteiger partial charge in [0.2, 0.25) is 0 Å². The predicted molar refractivity (Wildman–Crippen MR) is 96.6 cm³/mol. The molecule has 0 atom stereocenters. The van der Waals surface area contributed by atoms with Gasteiger partial charge in [0.25, 0.3) is 11.8 Å². The normalized spacial score (nSPS) is 14.7. The Balaban J connectivity index is 1.50. The van der Waals surface area contributed by atoms with Crippen molar-refractivity contribution < 1.29 is 24.9 Å². The van der Waals surface area contributed by atoms with Crippen molar-refractivity contribution in [3.63, 3.8) is 0 Å². The Labute approximate surface area is 156 Å². The van der Waals surface area contributed by atoms with Crippen LogP contribution in [0, 0.1) is 5.92 Å². The fourth-order valence-electron chi connectivity index (χ4n) is 3.09. The number of nitrogens with one attached hydrogen (secondary N) is 1. The first-order valence-corrected chi connectivity index (χ1v) is 8.68. The van der Waals surface area contributed by atoms with E-state index in [0.29, 0.717) is 25.2 Å². The summed E-state index contributed by atoms with van der Waals surface area (Å²) in [5.41, 5.74) is 0.628. The van der Waals surface area contributed by atoms with Gasteiger partial charge in [-0.25, -0.2) is 0 Å². The summed E-state index contributed by atoms with van der Waals surface area (Å²) in [4.78, 5) is 30.3. The van der Waals surface area contributed by atoms with E-state index in [9.17, 15) is 24.9 Å². The number of phenols is 3. The molecule has 0 bridgehead atoms. The van der Waals surface area contributed by atoms with Gasteiger partial charge in [-0.2, -0.15) is 0 Å². The summed E-state index contributed by atoms with van der Waals surface area (Å²) in [6, 6.07) is 5.66. The molecule has 27 heavy (non-hydrogen) atoms. The number of carbonyl (C=O) groups is 2. The van der Waals surface area contributed by atoms with Gasteiger partial charge in [-0.3, -0.25) is 14.6 Å². The highest BCUT2D eigenvalue weighted by molar-refractivity contribution is 5.95. The molecule has 0 spiro atoms. The minimum Gasteiger partial charge on any atom is -0.504 e. The van der Waals surface area contributed by atoms with Crippen LogP contribution in [0.15, 0.2) is 36.7 Å². The zero-order valence-electron chi connectivity index (χ0n) is 14.6. The molecule has 1 fully saturated rings. The van der Waals surface area contributed by atoms with E-state index in [1.807, 2.05) is 0 Å². The van der Waals surface area contributed by atoms with E-state index in [1.54, 1.807) is 29.4 Å². The lowest BCUT2D eigenvalue weighted by atomic mass is 9.96. The van der Waals surface area contributed by atoms with Crippen LogP contribution in [0.25, 0.3) is 0 Å². The number of nitrogens with zero attached hydrogens (tertiary/aromatic N) is 2. The second kappa shape index (κ2) is 7.94. The summed E-state index contributed by atoms with van der Waals surface area (Å²) in [7, 11) is 0. The number of amides is 2. The summed E-state index contributed by atoms with van der Waals surface area (Å²) in [5, 5.41) is 31.1. The highest BCUT2D eigenvalue weighted by atomic mass is 16.3. The smallest absolute Gasteiger partial charge is 0.255 e. The van der Waals surface area contributed by atoms with Gasteiger partial charge in [0, 0.05) is 37.6 Å². The topological polar surface area (TPSA) is 123 Å². The fraction of sp³-hybridized carbons (Fsp3) is 0.316. The van der Waals surface area contributed by atoms with Crippen LogP contribution in [0.2, 0.25) is 0 Å². The number of pyridine rings is 1. The standard InChI is InChI=1S/C19H21N3O5/c23-15-8-14(9-16(24)17(15)25)18(26)21-10-12-3-6-22(7-4-12)19(27)13-2-1-5-20-11-13/h1-2,5,8-9,11-12,23-25H,3-4,6-7,10H2,(H,21,26). The number of rotatable bonds is 4. The van der Waals surface area contributed by atoms with Crippen molar-refractivity contribution in [3.8, 4) is 17.2 Å². The van der Waals surface area contributed by atoms with E-state index in [-0.39, 0.29) is 17.4 Å². The summed E-state index contributed by atoms with van der Waals surface area (Å²) in [6.45, 7) is 1.64. The molecule has 0 unspecified atom stereocenters. The second-order valence-corrected chi connectivity index (χ2v) is 6.55. The van der Waals surface area contributed by atoms with Crippen molar-refractivity contribution in [3.05, 3.63) is 47.8 Å².